The number of benzene rings is 2. The predicted octanol–water partition coefficient (Wildman–Crippen LogP) is 2.57. The van der Waals surface area contributed by atoms with Crippen molar-refractivity contribution in [2.75, 3.05) is 11.9 Å². The molecule has 1 heterocycles. The van der Waals surface area contributed by atoms with Crippen LogP contribution in [0.3, 0.4) is 0 Å². The Morgan fingerprint density at radius 2 is 1.71 bits per heavy atom. The van der Waals surface area contributed by atoms with Crippen molar-refractivity contribution in [3.05, 3.63) is 65.7 Å². The average Bonchev–Trinajstić information content (AvgIpc) is 3.44. The summed E-state index contributed by atoms with van der Waals surface area (Å²) in [6.07, 6.45) is 2.19. The van der Waals surface area contributed by atoms with Crippen molar-refractivity contribution >= 4 is 23.4 Å². The third-order valence-electron chi connectivity index (χ3n) is 5.14. The maximum atomic E-state index is 12.7. The highest BCUT2D eigenvalue weighted by Crippen LogP contribution is 2.24. The molecule has 144 valence electrons. The smallest absolute Gasteiger partial charge is 0.253 e. The number of para-hydroxylation sites is 1. The Bertz CT molecular complexity index is 893. The van der Waals surface area contributed by atoms with Gasteiger partial charge in [0.15, 0.2) is 0 Å². The van der Waals surface area contributed by atoms with Crippen molar-refractivity contribution in [1.82, 2.24) is 10.2 Å². The van der Waals surface area contributed by atoms with Gasteiger partial charge >= 0.3 is 0 Å². The number of hydrogen-bond acceptors (Lipinski definition) is 3. The second-order valence-corrected chi connectivity index (χ2v) is 7.44. The van der Waals surface area contributed by atoms with E-state index in [1.165, 1.54) is 0 Å². The van der Waals surface area contributed by atoms with E-state index in [0.717, 1.165) is 18.4 Å². The predicted molar refractivity (Wildman–Crippen MR) is 106 cm³/mol. The van der Waals surface area contributed by atoms with Crippen LogP contribution in [-0.4, -0.2) is 35.2 Å². The lowest BCUT2D eigenvalue weighted by Crippen LogP contribution is -2.30. The molecule has 4 rings (SSSR count). The number of hydrogen-bond donors (Lipinski definition) is 2. The molecule has 0 radical (unpaired) electrons. The highest BCUT2D eigenvalue weighted by Gasteiger charge is 2.34. The quantitative estimate of drug-likeness (QED) is 0.812. The molecule has 2 fully saturated rings. The number of likely N-dealkylation sites (tertiary alicyclic amines) is 1. The second kappa shape index (κ2) is 7.84. The van der Waals surface area contributed by atoms with Gasteiger partial charge in [0.25, 0.3) is 5.91 Å². The molecule has 1 unspecified atom stereocenters. The van der Waals surface area contributed by atoms with Crippen LogP contribution in [0.25, 0.3) is 0 Å². The normalized spacial score (nSPS) is 18.8. The molecule has 1 aliphatic heterocycles. The van der Waals surface area contributed by atoms with Gasteiger partial charge < -0.3 is 15.5 Å². The van der Waals surface area contributed by atoms with Crippen molar-refractivity contribution in [1.29, 1.82) is 0 Å². The Morgan fingerprint density at radius 1 is 1.00 bits per heavy atom. The van der Waals surface area contributed by atoms with E-state index in [9.17, 15) is 14.4 Å². The van der Waals surface area contributed by atoms with E-state index in [2.05, 4.69) is 10.6 Å². The van der Waals surface area contributed by atoms with Gasteiger partial charge in [-0.15, -0.1) is 0 Å². The second-order valence-electron chi connectivity index (χ2n) is 7.44. The van der Waals surface area contributed by atoms with Gasteiger partial charge in [-0.1, -0.05) is 42.5 Å². The SMILES string of the molecule is O=C(NC1CC1)c1ccccc1NC(=O)C1CC(=O)N(Cc2ccccc2)C1. The van der Waals surface area contributed by atoms with Gasteiger partial charge in [0.2, 0.25) is 11.8 Å². The van der Waals surface area contributed by atoms with E-state index < -0.39 is 5.92 Å². The van der Waals surface area contributed by atoms with Gasteiger partial charge in [-0.2, -0.15) is 0 Å². The van der Waals surface area contributed by atoms with Crippen LogP contribution in [0.4, 0.5) is 5.69 Å². The summed E-state index contributed by atoms with van der Waals surface area (Å²) in [5.74, 6) is -0.846. The monoisotopic (exact) mass is 377 g/mol. The topological polar surface area (TPSA) is 78.5 Å². The molecular formula is C22H23N3O3. The maximum absolute atomic E-state index is 12.7. The molecule has 2 aromatic carbocycles. The molecule has 1 aliphatic carbocycles. The van der Waals surface area contributed by atoms with E-state index in [-0.39, 0.29) is 30.2 Å². The number of nitrogens with one attached hydrogen (secondary N) is 2. The van der Waals surface area contributed by atoms with E-state index in [4.69, 9.17) is 0 Å². The van der Waals surface area contributed by atoms with Gasteiger partial charge in [-0.25, -0.2) is 0 Å². The Balaban J connectivity index is 1.40. The van der Waals surface area contributed by atoms with Crippen molar-refractivity contribution in [2.24, 2.45) is 5.92 Å². The first-order chi connectivity index (χ1) is 13.6. The van der Waals surface area contributed by atoms with Crippen molar-refractivity contribution < 1.29 is 14.4 Å². The number of amides is 3. The molecule has 2 aromatic rings. The number of carbonyl (C=O) groups is 3. The van der Waals surface area contributed by atoms with Crippen LogP contribution in [0.1, 0.15) is 35.2 Å². The van der Waals surface area contributed by atoms with E-state index in [1.54, 1.807) is 29.2 Å². The fraction of sp³-hybridized carbons (Fsp3) is 0.318. The van der Waals surface area contributed by atoms with Gasteiger partial charge in [-0.3, -0.25) is 14.4 Å². The van der Waals surface area contributed by atoms with E-state index in [1.807, 2.05) is 30.3 Å². The summed E-state index contributed by atoms with van der Waals surface area (Å²) in [6, 6.07) is 17.0. The molecule has 0 bridgehead atoms. The summed E-state index contributed by atoms with van der Waals surface area (Å²) in [6.45, 7) is 0.889. The largest absolute Gasteiger partial charge is 0.349 e. The maximum Gasteiger partial charge on any atom is 0.253 e. The zero-order valence-electron chi connectivity index (χ0n) is 15.6. The summed E-state index contributed by atoms with van der Waals surface area (Å²) in [7, 11) is 0. The van der Waals surface area contributed by atoms with Crippen molar-refractivity contribution in [2.45, 2.75) is 31.8 Å². The van der Waals surface area contributed by atoms with Crippen LogP contribution in [0.2, 0.25) is 0 Å². The molecule has 6 nitrogen and oxygen atoms in total. The molecular weight excluding hydrogens is 354 g/mol. The lowest BCUT2D eigenvalue weighted by molar-refractivity contribution is -0.128. The highest BCUT2D eigenvalue weighted by molar-refractivity contribution is 6.05. The van der Waals surface area contributed by atoms with Crippen LogP contribution in [0.5, 0.6) is 0 Å². The molecule has 2 N–H and O–H groups in total. The minimum atomic E-state index is -0.421. The number of rotatable bonds is 6. The van der Waals surface area contributed by atoms with E-state index >= 15 is 0 Å². The van der Waals surface area contributed by atoms with Crippen LogP contribution in [0, 0.1) is 5.92 Å². The average molecular weight is 377 g/mol. The summed E-state index contributed by atoms with van der Waals surface area (Å²) in [5, 5.41) is 5.80. The van der Waals surface area contributed by atoms with Gasteiger partial charge in [0, 0.05) is 25.6 Å². The van der Waals surface area contributed by atoms with Gasteiger partial charge in [0.05, 0.1) is 17.2 Å². The lowest BCUT2D eigenvalue weighted by Gasteiger charge is -2.17. The Labute approximate surface area is 163 Å². The summed E-state index contributed by atoms with van der Waals surface area (Å²) in [4.78, 5) is 39.2. The van der Waals surface area contributed by atoms with Crippen LogP contribution in [-0.2, 0) is 16.1 Å². The molecule has 2 aliphatic rings. The van der Waals surface area contributed by atoms with Crippen LogP contribution < -0.4 is 10.6 Å². The highest BCUT2D eigenvalue weighted by atomic mass is 16.2. The third-order valence-corrected chi connectivity index (χ3v) is 5.14. The Morgan fingerprint density at radius 3 is 2.46 bits per heavy atom. The number of carbonyl (C=O) groups excluding carboxylic acids is 3. The first-order valence-electron chi connectivity index (χ1n) is 9.62. The number of anilines is 1. The Kier molecular flexibility index (Phi) is 5.10. The van der Waals surface area contributed by atoms with Crippen molar-refractivity contribution in [3.63, 3.8) is 0 Å². The molecule has 0 spiro atoms. The van der Waals surface area contributed by atoms with E-state index in [0.29, 0.717) is 24.3 Å². The van der Waals surface area contributed by atoms with Gasteiger partial charge in [0.1, 0.15) is 0 Å². The molecule has 1 saturated heterocycles. The standard InChI is InChI=1S/C22H23N3O3/c26-20-12-16(14-25(20)13-15-6-2-1-3-7-15)21(27)24-19-9-5-4-8-18(19)22(28)23-17-10-11-17/h1-9,16-17H,10-14H2,(H,23,28)(H,24,27). The minimum absolute atomic E-state index is 0.0243. The Hall–Kier alpha value is -3.15. The summed E-state index contributed by atoms with van der Waals surface area (Å²) in [5.41, 5.74) is 1.98. The lowest BCUT2D eigenvalue weighted by atomic mass is 10.1. The molecule has 6 heteroatoms. The molecule has 1 saturated carbocycles. The molecule has 3 amide bonds. The number of nitrogens with zero attached hydrogens (tertiary/aromatic N) is 1. The van der Waals surface area contributed by atoms with Crippen LogP contribution >= 0.6 is 0 Å². The fourth-order valence-corrected chi connectivity index (χ4v) is 3.42. The third kappa shape index (κ3) is 4.22. The minimum Gasteiger partial charge on any atom is -0.349 e. The fourth-order valence-electron chi connectivity index (χ4n) is 3.42. The summed E-state index contributed by atoms with van der Waals surface area (Å²) < 4.78 is 0. The summed E-state index contributed by atoms with van der Waals surface area (Å²) >= 11 is 0. The van der Waals surface area contributed by atoms with Crippen LogP contribution in [0.15, 0.2) is 54.6 Å². The molecule has 0 aromatic heterocycles. The van der Waals surface area contributed by atoms with Gasteiger partial charge in [-0.05, 0) is 30.5 Å². The zero-order valence-corrected chi connectivity index (χ0v) is 15.6. The first kappa shape index (κ1) is 18.2. The molecule has 28 heavy (non-hydrogen) atoms. The zero-order chi connectivity index (χ0) is 19.5. The van der Waals surface area contributed by atoms with Crippen molar-refractivity contribution in [3.8, 4) is 0 Å². The molecule has 1 atom stereocenters. The first-order valence-corrected chi connectivity index (χ1v) is 9.62.